The third-order valence-electron chi connectivity index (χ3n) is 4.51. The SMILES string of the molecule is CC(=O)c1ccc(C(=O)NCC2CN3CCCC3CO2)cc1. The van der Waals surface area contributed by atoms with E-state index in [1.165, 1.54) is 19.8 Å². The Morgan fingerprint density at radius 2 is 2.00 bits per heavy atom. The van der Waals surface area contributed by atoms with Crippen LogP contribution in [0.2, 0.25) is 0 Å². The van der Waals surface area contributed by atoms with E-state index < -0.39 is 0 Å². The molecule has 0 bridgehead atoms. The number of ketones is 1. The molecule has 0 aliphatic carbocycles. The summed E-state index contributed by atoms with van der Waals surface area (Å²) in [5.41, 5.74) is 1.19. The molecule has 0 spiro atoms. The van der Waals surface area contributed by atoms with Gasteiger partial charge in [-0.15, -0.1) is 0 Å². The van der Waals surface area contributed by atoms with Gasteiger partial charge in [-0.2, -0.15) is 0 Å². The Kier molecular flexibility index (Phi) is 4.55. The van der Waals surface area contributed by atoms with Crippen molar-refractivity contribution in [1.29, 1.82) is 0 Å². The van der Waals surface area contributed by atoms with Crippen LogP contribution in [0.3, 0.4) is 0 Å². The molecule has 5 nitrogen and oxygen atoms in total. The molecule has 0 aromatic heterocycles. The number of ether oxygens (including phenoxy) is 1. The lowest BCUT2D eigenvalue weighted by Crippen LogP contribution is -2.50. The smallest absolute Gasteiger partial charge is 0.251 e. The number of hydrogen-bond donors (Lipinski definition) is 1. The minimum Gasteiger partial charge on any atom is -0.373 e. The molecule has 2 aliphatic heterocycles. The van der Waals surface area contributed by atoms with Gasteiger partial charge in [-0.25, -0.2) is 0 Å². The van der Waals surface area contributed by atoms with Crippen molar-refractivity contribution in [2.24, 2.45) is 0 Å². The number of morpholine rings is 1. The Morgan fingerprint density at radius 3 is 2.73 bits per heavy atom. The Hall–Kier alpha value is -1.72. The molecule has 2 unspecified atom stereocenters. The summed E-state index contributed by atoms with van der Waals surface area (Å²) in [5.74, 6) is -0.120. The van der Waals surface area contributed by atoms with Crippen molar-refractivity contribution < 1.29 is 14.3 Å². The van der Waals surface area contributed by atoms with Gasteiger partial charge in [-0.05, 0) is 38.4 Å². The number of rotatable bonds is 4. The normalized spacial score (nSPS) is 24.8. The molecular formula is C17H22N2O3. The van der Waals surface area contributed by atoms with Crippen LogP contribution in [-0.4, -0.2) is 55.0 Å². The van der Waals surface area contributed by atoms with E-state index in [2.05, 4.69) is 10.2 Å². The van der Waals surface area contributed by atoms with Crippen LogP contribution >= 0.6 is 0 Å². The molecule has 1 aromatic carbocycles. The van der Waals surface area contributed by atoms with Crippen LogP contribution in [0, 0.1) is 0 Å². The molecular weight excluding hydrogens is 280 g/mol. The monoisotopic (exact) mass is 302 g/mol. The van der Waals surface area contributed by atoms with Gasteiger partial charge in [0.1, 0.15) is 0 Å². The van der Waals surface area contributed by atoms with E-state index in [0.29, 0.717) is 23.7 Å². The molecule has 3 rings (SSSR count). The van der Waals surface area contributed by atoms with Crippen molar-refractivity contribution in [1.82, 2.24) is 10.2 Å². The average Bonchev–Trinajstić information content (AvgIpc) is 3.00. The lowest BCUT2D eigenvalue weighted by molar-refractivity contribution is -0.0461. The second-order valence-corrected chi connectivity index (χ2v) is 6.09. The van der Waals surface area contributed by atoms with Crippen molar-refractivity contribution in [3.63, 3.8) is 0 Å². The minimum absolute atomic E-state index is 0.00253. The Bertz CT molecular complexity index is 556. The molecule has 2 atom stereocenters. The van der Waals surface area contributed by atoms with Crippen molar-refractivity contribution in [2.45, 2.75) is 31.9 Å². The van der Waals surface area contributed by atoms with Crippen molar-refractivity contribution >= 4 is 11.7 Å². The highest BCUT2D eigenvalue weighted by Gasteiger charge is 2.32. The predicted octanol–water partition coefficient (Wildman–Crippen LogP) is 1.48. The molecule has 1 N–H and O–H groups in total. The topological polar surface area (TPSA) is 58.6 Å². The summed E-state index contributed by atoms with van der Waals surface area (Å²) in [6.45, 7) is 4.85. The van der Waals surface area contributed by atoms with Crippen molar-refractivity contribution in [3.05, 3.63) is 35.4 Å². The minimum atomic E-state index is -0.123. The molecule has 118 valence electrons. The maximum atomic E-state index is 12.1. The molecule has 2 fully saturated rings. The largest absolute Gasteiger partial charge is 0.373 e. The first kappa shape index (κ1) is 15.2. The molecule has 2 saturated heterocycles. The number of Topliss-reactive ketones (excluding diaryl/α,β-unsaturated/α-hetero) is 1. The first-order valence-corrected chi connectivity index (χ1v) is 7.88. The van der Waals surface area contributed by atoms with Gasteiger partial charge in [0.05, 0.1) is 12.7 Å². The van der Waals surface area contributed by atoms with Crippen LogP contribution in [0.15, 0.2) is 24.3 Å². The van der Waals surface area contributed by atoms with E-state index in [-0.39, 0.29) is 17.8 Å². The number of amides is 1. The van der Waals surface area contributed by atoms with Crippen LogP contribution in [0.5, 0.6) is 0 Å². The summed E-state index contributed by atoms with van der Waals surface area (Å²) in [6.07, 6.45) is 2.53. The van der Waals surface area contributed by atoms with Gasteiger partial charge >= 0.3 is 0 Å². The van der Waals surface area contributed by atoms with Crippen LogP contribution in [-0.2, 0) is 4.74 Å². The molecule has 2 aliphatic rings. The standard InChI is InChI=1S/C17H22N2O3/c1-12(20)13-4-6-14(7-5-13)17(21)18-9-16-10-19-8-2-3-15(19)11-22-16/h4-7,15-16H,2-3,8-11H2,1H3,(H,18,21). The second kappa shape index (κ2) is 6.58. The Labute approximate surface area is 130 Å². The van der Waals surface area contributed by atoms with Gasteiger partial charge in [0.15, 0.2) is 5.78 Å². The maximum Gasteiger partial charge on any atom is 0.251 e. The lowest BCUT2D eigenvalue weighted by Gasteiger charge is -2.35. The third kappa shape index (κ3) is 3.36. The fraction of sp³-hybridized carbons (Fsp3) is 0.529. The van der Waals surface area contributed by atoms with Gasteiger partial charge in [-0.1, -0.05) is 12.1 Å². The van der Waals surface area contributed by atoms with Crippen molar-refractivity contribution in [2.75, 3.05) is 26.2 Å². The number of nitrogens with zero attached hydrogens (tertiary/aromatic N) is 1. The highest BCUT2D eigenvalue weighted by Crippen LogP contribution is 2.22. The molecule has 1 amide bonds. The first-order chi connectivity index (χ1) is 10.6. The summed E-state index contributed by atoms with van der Waals surface area (Å²) in [4.78, 5) is 25.8. The van der Waals surface area contributed by atoms with Crippen molar-refractivity contribution in [3.8, 4) is 0 Å². The number of nitrogens with one attached hydrogen (secondary N) is 1. The molecule has 5 heteroatoms. The number of carbonyl (C=O) groups is 2. The summed E-state index contributed by atoms with van der Waals surface area (Å²) in [5, 5.41) is 2.92. The molecule has 1 aromatic rings. The summed E-state index contributed by atoms with van der Waals surface area (Å²) >= 11 is 0. The molecule has 0 radical (unpaired) electrons. The van der Waals surface area contributed by atoms with E-state index in [1.54, 1.807) is 24.3 Å². The third-order valence-corrected chi connectivity index (χ3v) is 4.51. The van der Waals surface area contributed by atoms with Crippen LogP contribution in [0.25, 0.3) is 0 Å². The van der Waals surface area contributed by atoms with E-state index >= 15 is 0 Å². The summed E-state index contributed by atoms with van der Waals surface area (Å²) in [6, 6.07) is 7.31. The molecule has 0 saturated carbocycles. The van der Waals surface area contributed by atoms with E-state index in [4.69, 9.17) is 4.74 Å². The van der Waals surface area contributed by atoms with E-state index in [0.717, 1.165) is 19.7 Å². The predicted molar refractivity (Wildman–Crippen MR) is 83.1 cm³/mol. The highest BCUT2D eigenvalue weighted by atomic mass is 16.5. The fourth-order valence-corrected chi connectivity index (χ4v) is 3.17. The highest BCUT2D eigenvalue weighted by molar-refractivity contribution is 5.97. The fourth-order valence-electron chi connectivity index (χ4n) is 3.17. The number of hydrogen-bond acceptors (Lipinski definition) is 4. The zero-order valence-corrected chi connectivity index (χ0v) is 12.9. The average molecular weight is 302 g/mol. The zero-order valence-electron chi connectivity index (χ0n) is 12.9. The maximum absolute atomic E-state index is 12.1. The van der Waals surface area contributed by atoms with E-state index in [9.17, 15) is 9.59 Å². The zero-order chi connectivity index (χ0) is 15.5. The quantitative estimate of drug-likeness (QED) is 0.856. The number of carbonyl (C=O) groups excluding carboxylic acids is 2. The van der Waals surface area contributed by atoms with Gasteiger partial charge in [0.25, 0.3) is 5.91 Å². The number of benzene rings is 1. The summed E-state index contributed by atoms with van der Waals surface area (Å²) < 4.78 is 5.83. The van der Waals surface area contributed by atoms with Gasteiger partial charge < -0.3 is 10.1 Å². The molecule has 2 heterocycles. The van der Waals surface area contributed by atoms with Crippen LogP contribution in [0.4, 0.5) is 0 Å². The second-order valence-electron chi connectivity index (χ2n) is 6.09. The van der Waals surface area contributed by atoms with E-state index in [1.807, 2.05) is 0 Å². The van der Waals surface area contributed by atoms with Gasteiger partial charge in [0, 0.05) is 30.3 Å². The van der Waals surface area contributed by atoms with Gasteiger partial charge in [-0.3, -0.25) is 14.5 Å². The Morgan fingerprint density at radius 1 is 1.27 bits per heavy atom. The lowest BCUT2D eigenvalue weighted by atomic mass is 10.1. The first-order valence-electron chi connectivity index (χ1n) is 7.88. The Balaban J connectivity index is 1.50. The van der Waals surface area contributed by atoms with Gasteiger partial charge in [0.2, 0.25) is 0 Å². The number of fused-ring (bicyclic) bond motifs is 1. The van der Waals surface area contributed by atoms with Crippen LogP contribution < -0.4 is 5.32 Å². The van der Waals surface area contributed by atoms with Crippen LogP contribution in [0.1, 0.15) is 40.5 Å². The molecule has 22 heavy (non-hydrogen) atoms. The summed E-state index contributed by atoms with van der Waals surface area (Å²) in [7, 11) is 0.